The summed E-state index contributed by atoms with van der Waals surface area (Å²) in [5, 5.41) is 49.6. The number of rotatable bonds is 9. The van der Waals surface area contributed by atoms with E-state index in [4.69, 9.17) is 4.74 Å². The monoisotopic (exact) mass is 596 g/mol. The summed E-state index contributed by atoms with van der Waals surface area (Å²) in [6, 6.07) is 9.39. The van der Waals surface area contributed by atoms with Crippen LogP contribution in [0.2, 0.25) is 0 Å². The molecule has 0 spiro atoms. The summed E-state index contributed by atoms with van der Waals surface area (Å²) in [6.45, 7) is 2.48. The molecule has 1 saturated heterocycles. The number of ether oxygens (including phenoxy) is 1. The van der Waals surface area contributed by atoms with E-state index in [2.05, 4.69) is 10.3 Å². The van der Waals surface area contributed by atoms with Crippen LogP contribution < -0.4 is 0 Å². The summed E-state index contributed by atoms with van der Waals surface area (Å²) in [6.07, 6.45) is -3.10. The first kappa shape index (κ1) is 30.9. The molecule has 14 heteroatoms. The van der Waals surface area contributed by atoms with Gasteiger partial charge < -0.3 is 30.1 Å². The lowest BCUT2D eigenvalue weighted by Crippen LogP contribution is -2.57. The molecule has 10 nitrogen and oxygen atoms in total. The van der Waals surface area contributed by atoms with Crippen LogP contribution in [-0.4, -0.2) is 94.5 Å². The molecule has 2 aromatic carbocycles. The Morgan fingerprint density at radius 2 is 1.78 bits per heavy atom. The molecule has 6 atom stereocenters. The van der Waals surface area contributed by atoms with Gasteiger partial charge in [0.1, 0.15) is 40.7 Å². The Bertz CT molecular complexity index is 1340. The van der Waals surface area contributed by atoms with Crippen LogP contribution in [0.4, 0.5) is 13.2 Å². The van der Waals surface area contributed by atoms with Gasteiger partial charge in [-0.2, -0.15) is 0 Å². The summed E-state index contributed by atoms with van der Waals surface area (Å²) >= 11 is 0.818. The third kappa shape index (κ3) is 6.74. The van der Waals surface area contributed by atoms with Crippen molar-refractivity contribution < 1.29 is 43.1 Å². The van der Waals surface area contributed by atoms with E-state index in [0.717, 1.165) is 34.1 Å². The highest BCUT2D eigenvalue weighted by atomic mass is 32.2. The number of aromatic nitrogens is 3. The van der Waals surface area contributed by atoms with Crippen LogP contribution in [0.3, 0.4) is 0 Å². The van der Waals surface area contributed by atoms with Gasteiger partial charge in [0.25, 0.3) is 0 Å². The van der Waals surface area contributed by atoms with Gasteiger partial charge in [0.15, 0.2) is 17.5 Å². The number of thioether (sulfide) groups is 1. The minimum atomic E-state index is -1.65. The highest BCUT2D eigenvalue weighted by Crippen LogP contribution is 2.39. The SMILES string of the molecule is CN(Cc1ccccc1)C(=O)C(S[C@@H]1O[C@H](CO)[C@H](O)[C@H](n2cc(-c3cc(F)c(F)c(F)c3)nn2)[C@H]1O)C(C)(C)O. The van der Waals surface area contributed by atoms with Crippen LogP contribution in [0, 0.1) is 17.5 Å². The quantitative estimate of drug-likeness (QED) is 0.273. The van der Waals surface area contributed by atoms with Crippen LogP contribution in [0.1, 0.15) is 25.5 Å². The van der Waals surface area contributed by atoms with E-state index >= 15 is 0 Å². The van der Waals surface area contributed by atoms with Crippen LogP contribution in [0.25, 0.3) is 11.3 Å². The lowest BCUT2D eigenvalue weighted by Gasteiger charge is -2.43. The van der Waals surface area contributed by atoms with Gasteiger partial charge in [-0.3, -0.25) is 4.79 Å². The zero-order valence-electron chi connectivity index (χ0n) is 22.4. The number of aliphatic hydroxyl groups is 4. The third-order valence-corrected chi connectivity index (χ3v) is 8.43. The van der Waals surface area contributed by atoms with Gasteiger partial charge in [-0.1, -0.05) is 35.5 Å². The van der Waals surface area contributed by atoms with Gasteiger partial charge in [0, 0.05) is 19.2 Å². The Morgan fingerprint density at radius 1 is 1.15 bits per heavy atom. The summed E-state index contributed by atoms with van der Waals surface area (Å²) in [5.41, 5.74) is -2.16. The predicted octanol–water partition coefficient (Wildman–Crippen LogP) is 1.87. The van der Waals surface area contributed by atoms with E-state index in [9.17, 15) is 38.4 Å². The lowest BCUT2D eigenvalue weighted by atomic mass is 9.97. The number of hydrogen-bond donors (Lipinski definition) is 4. The second kappa shape index (κ2) is 12.5. The summed E-state index contributed by atoms with van der Waals surface area (Å²) < 4.78 is 47.8. The van der Waals surface area contributed by atoms with Gasteiger partial charge in [-0.05, 0) is 31.5 Å². The summed E-state index contributed by atoms with van der Waals surface area (Å²) in [7, 11) is 1.58. The van der Waals surface area contributed by atoms with Gasteiger partial charge in [-0.25, -0.2) is 17.9 Å². The fraction of sp³-hybridized carbons (Fsp3) is 0.444. The van der Waals surface area contributed by atoms with Crippen molar-refractivity contribution >= 4 is 17.7 Å². The first-order valence-corrected chi connectivity index (χ1v) is 13.6. The van der Waals surface area contributed by atoms with Crippen molar-refractivity contribution in [2.75, 3.05) is 13.7 Å². The molecular formula is C27H31F3N4O6S. The maximum Gasteiger partial charge on any atom is 0.238 e. The Kier molecular flexibility index (Phi) is 9.41. The van der Waals surface area contributed by atoms with Crippen LogP contribution >= 0.6 is 11.8 Å². The molecule has 41 heavy (non-hydrogen) atoms. The molecular weight excluding hydrogens is 565 g/mol. The van der Waals surface area contributed by atoms with E-state index in [1.807, 2.05) is 30.3 Å². The molecule has 222 valence electrons. The first-order valence-electron chi connectivity index (χ1n) is 12.7. The van der Waals surface area contributed by atoms with Crippen molar-refractivity contribution in [1.82, 2.24) is 19.9 Å². The van der Waals surface area contributed by atoms with E-state index in [-0.39, 0.29) is 17.8 Å². The molecule has 1 unspecified atom stereocenters. The highest BCUT2D eigenvalue weighted by Gasteiger charge is 2.49. The van der Waals surface area contributed by atoms with Crippen molar-refractivity contribution in [3.63, 3.8) is 0 Å². The minimum absolute atomic E-state index is 0.0782. The molecule has 0 aliphatic carbocycles. The van der Waals surface area contributed by atoms with Gasteiger partial charge in [0.2, 0.25) is 5.91 Å². The smallest absolute Gasteiger partial charge is 0.238 e. The number of carbonyl (C=O) groups excluding carboxylic acids is 1. The summed E-state index contributed by atoms with van der Waals surface area (Å²) in [4.78, 5) is 14.9. The lowest BCUT2D eigenvalue weighted by molar-refractivity contribution is -0.179. The second-order valence-corrected chi connectivity index (χ2v) is 11.6. The summed E-state index contributed by atoms with van der Waals surface area (Å²) in [5.74, 6) is -4.96. The normalized spacial score (nSPS) is 23.8. The zero-order chi connectivity index (χ0) is 30.1. The number of carbonyl (C=O) groups is 1. The molecule has 2 heterocycles. The Labute approximate surface area is 238 Å². The molecule has 1 fully saturated rings. The molecule has 0 saturated carbocycles. The van der Waals surface area contributed by atoms with Gasteiger partial charge >= 0.3 is 0 Å². The van der Waals surface area contributed by atoms with E-state index < -0.39 is 70.6 Å². The standard InChI is InChI=1S/C27H31F3N4O6S/c1-27(2,39)24(25(38)33(3)11-14-7-5-4-6-8-14)41-26-23(37)21(22(36)19(13-35)40-26)34-12-18(31-32-34)15-9-16(28)20(30)17(29)10-15/h4-10,12,19,21-24,26,35-37,39H,11,13H2,1-3H3/t19-,21+,22+,23-,24?,26+/m1/s1. The maximum atomic E-state index is 13.8. The molecule has 3 aromatic rings. The molecule has 1 aliphatic heterocycles. The fourth-order valence-electron chi connectivity index (χ4n) is 4.55. The molecule has 4 rings (SSSR count). The topological polar surface area (TPSA) is 141 Å². The average molecular weight is 597 g/mol. The van der Waals surface area contributed by atoms with Crippen molar-refractivity contribution in [1.29, 1.82) is 0 Å². The number of halogens is 3. The first-order chi connectivity index (χ1) is 19.3. The number of benzene rings is 2. The molecule has 0 radical (unpaired) electrons. The largest absolute Gasteiger partial charge is 0.394 e. The number of hydrogen-bond acceptors (Lipinski definition) is 9. The van der Waals surface area contributed by atoms with Crippen LogP contribution in [-0.2, 0) is 16.1 Å². The van der Waals surface area contributed by atoms with Crippen LogP contribution in [0.5, 0.6) is 0 Å². The number of amides is 1. The van der Waals surface area contributed by atoms with Gasteiger partial charge in [-0.15, -0.1) is 16.9 Å². The van der Waals surface area contributed by atoms with Crippen molar-refractivity contribution in [3.05, 3.63) is 71.7 Å². The number of nitrogens with zero attached hydrogens (tertiary/aromatic N) is 4. The highest BCUT2D eigenvalue weighted by molar-refractivity contribution is 8.01. The third-order valence-electron chi connectivity index (χ3n) is 6.72. The Balaban J connectivity index is 1.60. The minimum Gasteiger partial charge on any atom is -0.394 e. The molecule has 1 aromatic heterocycles. The Hall–Kier alpha value is -3.01. The van der Waals surface area contributed by atoms with E-state index in [1.165, 1.54) is 24.9 Å². The van der Waals surface area contributed by atoms with E-state index in [0.29, 0.717) is 0 Å². The van der Waals surface area contributed by atoms with Crippen molar-refractivity contribution in [2.45, 2.75) is 61.0 Å². The zero-order valence-corrected chi connectivity index (χ0v) is 23.2. The van der Waals surface area contributed by atoms with Crippen molar-refractivity contribution in [3.8, 4) is 11.3 Å². The molecule has 1 aliphatic rings. The fourth-order valence-corrected chi connectivity index (χ4v) is 5.97. The molecule has 4 N–H and O–H groups in total. The molecule has 0 bridgehead atoms. The number of aliphatic hydroxyl groups excluding tert-OH is 3. The Morgan fingerprint density at radius 3 is 2.37 bits per heavy atom. The maximum absolute atomic E-state index is 13.8. The predicted molar refractivity (Wildman–Crippen MR) is 143 cm³/mol. The average Bonchev–Trinajstić information content (AvgIpc) is 3.40. The van der Waals surface area contributed by atoms with Crippen molar-refractivity contribution in [2.24, 2.45) is 0 Å². The van der Waals surface area contributed by atoms with E-state index in [1.54, 1.807) is 7.05 Å². The molecule has 1 amide bonds. The van der Waals surface area contributed by atoms with Crippen LogP contribution in [0.15, 0.2) is 48.7 Å². The van der Waals surface area contributed by atoms with Gasteiger partial charge in [0.05, 0.1) is 18.4 Å². The second-order valence-electron chi connectivity index (χ2n) is 10.4.